The van der Waals surface area contributed by atoms with Crippen LogP contribution in [0.3, 0.4) is 0 Å². The maximum Gasteiger partial charge on any atom is 0.490 e. The van der Waals surface area contributed by atoms with Crippen LogP contribution >= 0.6 is 0 Å². The molecule has 12 heteroatoms. The summed E-state index contributed by atoms with van der Waals surface area (Å²) in [6, 6.07) is -1.76. The van der Waals surface area contributed by atoms with Crippen molar-refractivity contribution in [2.24, 2.45) is 0 Å². The Balaban J connectivity index is 0.000000412. The predicted molar refractivity (Wildman–Crippen MR) is 79.7 cm³/mol. The van der Waals surface area contributed by atoms with E-state index in [1.165, 1.54) is 4.68 Å². The molecule has 148 valence electrons. The number of carboxylic acids is 1. The average molecular weight is 386 g/mol. The summed E-state index contributed by atoms with van der Waals surface area (Å²) in [6.45, 7) is 3.85. The average Bonchev–Trinajstić information content (AvgIpc) is 2.94. The Hall–Kier alpha value is -2.24. The van der Waals surface area contributed by atoms with Crippen molar-refractivity contribution in [2.75, 3.05) is 13.1 Å². The molecule has 0 saturated carbocycles. The van der Waals surface area contributed by atoms with Gasteiger partial charge in [-0.1, -0.05) is 0 Å². The third-order valence-electron chi connectivity index (χ3n) is 3.56. The summed E-state index contributed by atoms with van der Waals surface area (Å²) in [5.74, 6) is -6.07. The first-order valence-electron chi connectivity index (χ1n) is 7.54. The van der Waals surface area contributed by atoms with Crippen LogP contribution in [0, 0.1) is 6.92 Å². The number of amides is 1. The second-order valence-corrected chi connectivity index (χ2v) is 5.75. The first kappa shape index (κ1) is 21.8. The van der Waals surface area contributed by atoms with E-state index >= 15 is 0 Å². The van der Waals surface area contributed by atoms with Gasteiger partial charge in [-0.05, 0) is 19.4 Å². The van der Waals surface area contributed by atoms with Gasteiger partial charge >= 0.3 is 12.1 Å². The van der Waals surface area contributed by atoms with Crippen LogP contribution in [0.4, 0.5) is 22.0 Å². The van der Waals surface area contributed by atoms with E-state index < -0.39 is 36.1 Å². The Morgan fingerprint density at radius 2 is 2.04 bits per heavy atom. The number of hydrogen-bond donors (Lipinski definition) is 3. The number of carbonyl (C=O) groups excluding carboxylic acids is 1. The molecule has 7 nitrogen and oxygen atoms in total. The molecule has 1 saturated heterocycles. The smallest absolute Gasteiger partial charge is 0.475 e. The van der Waals surface area contributed by atoms with E-state index in [1.54, 1.807) is 19.3 Å². The van der Waals surface area contributed by atoms with Crippen molar-refractivity contribution < 1.29 is 36.6 Å². The van der Waals surface area contributed by atoms with Gasteiger partial charge in [-0.15, -0.1) is 0 Å². The number of nitrogens with one attached hydrogen (secondary N) is 2. The first-order chi connectivity index (χ1) is 11.8. The van der Waals surface area contributed by atoms with Crippen LogP contribution in [0.1, 0.15) is 24.9 Å². The Kier molecular flexibility index (Phi) is 7.07. The van der Waals surface area contributed by atoms with Gasteiger partial charge in [-0.2, -0.15) is 18.3 Å². The van der Waals surface area contributed by atoms with Gasteiger partial charge in [0.15, 0.2) is 0 Å². The number of carbonyl (C=O) groups is 2. The molecule has 2 rings (SSSR count). The number of aromatic nitrogens is 2. The van der Waals surface area contributed by atoms with Crippen molar-refractivity contribution in [2.45, 2.75) is 44.5 Å². The number of rotatable bonds is 3. The third-order valence-corrected chi connectivity index (χ3v) is 3.56. The standard InChI is InChI=1S/C12H18F2N4O.C2HF3O2/c1-8-5-16-18(7-8)9(2)11(19)17-10-6-15-4-3-12(10,13)14;3-2(4,5)1(6)7/h5,7,9-10,15H,3-4,6H2,1-2H3,(H,17,19);(H,6,7)/t9?,10-;/m1./s1. The van der Waals surface area contributed by atoms with E-state index in [1.807, 2.05) is 6.92 Å². The number of aliphatic carboxylic acids is 1. The summed E-state index contributed by atoms with van der Waals surface area (Å²) in [7, 11) is 0. The molecule has 0 aromatic carbocycles. The van der Waals surface area contributed by atoms with Crippen molar-refractivity contribution in [3.05, 3.63) is 18.0 Å². The molecule has 1 aliphatic rings. The largest absolute Gasteiger partial charge is 0.490 e. The molecule has 2 heterocycles. The van der Waals surface area contributed by atoms with E-state index in [-0.39, 0.29) is 19.5 Å². The third kappa shape index (κ3) is 6.24. The summed E-state index contributed by atoms with van der Waals surface area (Å²) < 4.78 is 60.5. The van der Waals surface area contributed by atoms with Gasteiger partial charge in [-0.25, -0.2) is 13.6 Å². The van der Waals surface area contributed by atoms with Crippen molar-refractivity contribution >= 4 is 11.9 Å². The quantitative estimate of drug-likeness (QED) is 0.685. The maximum absolute atomic E-state index is 13.6. The molecule has 2 atom stereocenters. The highest BCUT2D eigenvalue weighted by atomic mass is 19.4. The van der Waals surface area contributed by atoms with Crippen molar-refractivity contribution in [1.82, 2.24) is 20.4 Å². The molecule has 1 unspecified atom stereocenters. The van der Waals surface area contributed by atoms with Crippen LogP contribution in [0.15, 0.2) is 12.4 Å². The minimum absolute atomic E-state index is 0.0869. The van der Waals surface area contributed by atoms with Crippen molar-refractivity contribution in [3.8, 4) is 0 Å². The minimum Gasteiger partial charge on any atom is -0.475 e. The maximum atomic E-state index is 13.6. The molecule has 1 amide bonds. The molecule has 3 N–H and O–H groups in total. The molecular weight excluding hydrogens is 367 g/mol. The second kappa shape index (κ2) is 8.43. The summed E-state index contributed by atoms with van der Waals surface area (Å²) >= 11 is 0. The number of carboxylic acid groups (broad SMARTS) is 1. The topological polar surface area (TPSA) is 96.3 Å². The Bertz CT molecular complexity index is 632. The van der Waals surface area contributed by atoms with Gasteiger partial charge in [0.1, 0.15) is 12.1 Å². The van der Waals surface area contributed by atoms with Gasteiger partial charge in [0.2, 0.25) is 5.91 Å². The molecular formula is C14H19F5N4O3. The number of alkyl halides is 5. The molecule has 1 aromatic heterocycles. The van der Waals surface area contributed by atoms with Crippen LogP contribution in [0.25, 0.3) is 0 Å². The minimum atomic E-state index is -5.08. The lowest BCUT2D eigenvalue weighted by atomic mass is 10.0. The van der Waals surface area contributed by atoms with Gasteiger partial charge in [0.25, 0.3) is 5.92 Å². The van der Waals surface area contributed by atoms with Crippen molar-refractivity contribution in [3.63, 3.8) is 0 Å². The van der Waals surface area contributed by atoms with E-state index in [0.29, 0.717) is 0 Å². The van der Waals surface area contributed by atoms with E-state index in [9.17, 15) is 26.7 Å². The molecule has 1 aromatic rings. The fourth-order valence-electron chi connectivity index (χ4n) is 2.04. The van der Waals surface area contributed by atoms with Crippen LogP contribution < -0.4 is 10.6 Å². The summed E-state index contributed by atoms with van der Waals surface area (Å²) in [5, 5.41) is 16.4. The van der Waals surface area contributed by atoms with Crippen LogP contribution in [0.2, 0.25) is 0 Å². The van der Waals surface area contributed by atoms with E-state index in [2.05, 4.69) is 15.7 Å². The molecule has 0 bridgehead atoms. The summed E-state index contributed by atoms with van der Waals surface area (Å²) in [5.41, 5.74) is 0.921. The van der Waals surface area contributed by atoms with Gasteiger partial charge in [0, 0.05) is 25.7 Å². The Labute approximate surface area is 145 Å². The zero-order valence-corrected chi connectivity index (χ0v) is 14.0. The molecule has 26 heavy (non-hydrogen) atoms. The molecule has 0 radical (unpaired) electrons. The lowest BCUT2D eigenvalue weighted by Gasteiger charge is -2.33. The fourth-order valence-corrected chi connectivity index (χ4v) is 2.04. The monoisotopic (exact) mass is 386 g/mol. The van der Waals surface area contributed by atoms with Crippen LogP contribution in [-0.2, 0) is 9.59 Å². The highest BCUT2D eigenvalue weighted by molar-refractivity contribution is 5.80. The van der Waals surface area contributed by atoms with Crippen LogP contribution in [0.5, 0.6) is 0 Å². The predicted octanol–water partition coefficient (Wildman–Crippen LogP) is 1.50. The van der Waals surface area contributed by atoms with Gasteiger partial charge < -0.3 is 15.7 Å². The summed E-state index contributed by atoms with van der Waals surface area (Å²) in [6.07, 6.45) is -2.00. The zero-order valence-electron chi connectivity index (χ0n) is 14.0. The van der Waals surface area contributed by atoms with E-state index in [4.69, 9.17) is 9.90 Å². The molecule has 0 aliphatic carbocycles. The fraction of sp³-hybridized carbons (Fsp3) is 0.643. The number of nitrogens with zero attached hydrogens (tertiary/aromatic N) is 2. The Morgan fingerprint density at radius 3 is 2.46 bits per heavy atom. The second-order valence-electron chi connectivity index (χ2n) is 5.75. The highest BCUT2D eigenvalue weighted by Gasteiger charge is 2.42. The first-order valence-corrected chi connectivity index (χ1v) is 7.54. The molecule has 1 fully saturated rings. The number of halogens is 5. The lowest BCUT2D eigenvalue weighted by molar-refractivity contribution is -0.192. The number of piperidine rings is 1. The van der Waals surface area contributed by atoms with Gasteiger partial charge in [-0.3, -0.25) is 9.48 Å². The molecule has 0 spiro atoms. The lowest BCUT2D eigenvalue weighted by Crippen LogP contribution is -2.58. The number of hydrogen-bond acceptors (Lipinski definition) is 4. The molecule has 1 aliphatic heterocycles. The number of aryl methyl sites for hydroxylation is 1. The van der Waals surface area contributed by atoms with Crippen molar-refractivity contribution in [1.29, 1.82) is 0 Å². The van der Waals surface area contributed by atoms with Crippen LogP contribution in [-0.4, -0.2) is 58.0 Å². The highest BCUT2D eigenvalue weighted by Crippen LogP contribution is 2.25. The zero-order chi connectivity index (χ0) is 20.1. The van der Waals surface area contributed by atoms with E-state index in [0.717, 1.165) is 5.56 Å². The SMILES string of the molecule is Cc1cnn(C(C)C(=O)N[C@@H]2CNCCC2(F)F)c1.O=C(O)C(F)(F)F. The van der Waals surface area contributed by atoms with Gasteiger partial charge in [0.05, 0.1) is 6.20 Å². The summed E-state index contributed by atoms with van der Waals surface area (Å²) in [4.78, 5) is 20.9. The normalized spacial score (nSPS) is 20.5. The Morgan fingerprint density at radius 1 is 1.46 bits per heavy atom.